The maximum atomic E-state index is 11.4. The molecule has 1 amide bonds. The summed E-state index contributed by atoms with van der Waals surface area (Å²) in [7, 11) is 0. The van der Waals surface area contributed by atoms with Gasteiger partial charge in [0.1, 0.15) is 6.61 Å². The SMILES string of the molecule is NCCN1C(=O)OCc2ccccc21. The molecule has 4 heteroatoms. The van der Waals surface area contributed by atoms with Crippen LogP contribution in [0.2, 0.25) is 0 Å². The van der Waals surface area contributed by atoms with Crippen LogP contribution >= 0.6 is 0 Å². The zero-order valence-corrected chi connectivity index (χ0v) is 7.77. The molecule has 1 heterocycles. The number of rotatable bonds is 2. The summed E-state index contributed by atoms with van der Waals surface area (Å²) in [5.74, 6) is 0. The molecule has 0 radical (unpaired) electrons. The average molecular weight is 192 g/mol. The number of carbonyl (C=O) groups is 1. The minimum absolute atomic E-state index is 0.311. The van der Waals surface area contributed by atoms with E-state index < -0.39 is 0 Å². The number of anilines is 1. The third-order valence-electron chi connectivity index (χ3n) is 2.21. The van der Waals surface area contributed by atoms with Crippen LogP contribution in [0.25, 0.3) is 0 Å². The van der Waals surface area contributed by atoms with Gasteiger partial charge in [0.2, 0.25) is 0 Å². The van der Waals surface area contributed by atoms with Crippen molar-refractivity contribution in [1.29, 1.82) is 0 Å². The molecule has 2 rings (SSSR count). The molecule has 1 aromatic carbocycles. The molecule has 0 fully saturated rings. The summed E-state index contributed by atoms with van der Waals surface area (Å²) in [5.41, 5.74) is 7.37. The van der Waals surface area contributed by atoms with Gasteiger partial charge in [-0.1, -0.05) is 18.2 Å². The van der Waals surface area contributed by atoms with Gasteiger partial charge >= 0.3 is 6.09 Å². The molecular formula is C10H12N2O2. The molecule has 0 bridgehead atoms. The Kier molecular flexibility index (Phi) is 2.37. The van der Waals surface area contributed by atoms with E-state index in [9.17, 15) is 4.79 Å². The Morgan fingerprint density at radius 3 is 3.00 bits per heavy atom. The first-order chi connectivity index (χ1) is 6.83. The number of hydrogen-bond donors (Lipinski definition) is 1. The van der Waals surface area contributed by atoms with Gasteiger partial charge in [-0.05, 0) is 6.07 Å². The lowest BCUT2D eigenvalue weighted by molar-refractivity contribution is 0.142. The van der Waals surface area contributed by atoms with E-state index in [1.165, 1.54) is 0 Å². The van der Waals surface area contributed by atoms with Gasteiger partial charge in [0, 0.05) is 18.7 Å². The molecule has 0 spiro atoms. The van der Waals surface area contributed by atoms with Crippen molar-refractivity contribution in [3.05, 3.63) is 29.8 Å². The van der Waals surface area contributed by atoms with Gasteiger partial charge in [0.05, 0.1) is 5.69 Å². The summed E-state index contributed by atoms with van der Waals surface area (Å²) in [5, 5.41) is 0. The minimum Gasteiger partial charge on any atom is -0.444 e. The van der Waals surface area contributed by atoms with Crippen LogP contribution < -0.4 is 10.6 Å². The monoisotopic (exact) mass is 192 g/mol. The van der Waals surface area contributed by atoms with Crippen molar-refractivity contribution in [2.24, 2.45) is 5.73 Å². The number of ether oxygens (including phenoxy) is 1. The van der Waals surface area contributed by atoms with Crippen LogP contribution in [0.1, 0.15) is 5.56 Å². The fourth-order valence-electron chi connectivity index (χ4n) is 1.55. The average Bonchev–Trinajstić information content (AvgIpc) is 2.23. The molecule has 74 valence electrons. The van der Waals surface area contributed by atoms with E-state index >= 15 is 0 Å². The van der Waals surface area contributed by atoms with E-state index in [-0.39, 0.29) is 6.09 Å². The third-order valence-corrected chi connectivity index (χ3v) is 2.21. The van der Waals surface area contributed by atoms with Gasteiger partial charge in [-0.2, -0.15) is 0 Å². The molecule has 1 aliphatic heterocycles. The Morgan fingerprint density at radius 2 is 2.21 bits per heavy atom. The number of amides is 1. The molecule has 1 aliphatic rings. The van der Waals surface area contributed by atoms with E-state index in [1.807, 2.05) is 24.3 Å². The highest BCUT2D eigenvalue weighted by molar-refractivity contribution is 5.90. The predicted octanol–water partition coefficient (Wildman–Crippen LogP) is 1.10. The van der Waals surface area contributed by atoms with Crippen LogP contribution in [-0.2, 0) is 11.3 Å². The van der Waals surface area contributed by atoms with E-state index in [4.69, 9.17) is 10.5 Å². The highest BCUT2D eigenvalue weighted by Crippen LogP contribution is 2.25. The number of nitrogens with zero attached hydrogens (tertiary/aromatic N) is 1. The highest BCUT2D eigenvalue weighted by atomic mass is 16.6. The largest absolute Gasteiger partial charge is 0.444 e. The number of fused-ring (bicyclic) bond motifs is 1. The molecule has 14 heavy (non-hydrogen) atoms. The van der Waals surface area contributed by atoms with E-state index in [2.05, 4.69) is 0 Å². The van der Waals surface area contributed by atoms with Gasteiger partial charge < -0.3 is 10.5 Å². The van der Waals surface area contributed by atoms with Gasteiger partial charge in [-0.3, -0.25) is 4.90 Å². The first-order valence-corrected chi connectivity index (χ1v) is 4.55. The highest BCUT2D eigenvalue weighted by Gasteiger charge is 2.23. The molecule has 0 saturated heterocycles. The summed E-state index contributed by atoms with van der Waals surface area (Å²) in [6.07, 6.45) is -0.311. The Morgan fingerprint density at radius 1 is 1.43 bits per heavy atom. The van der Waals surface area contributed by atoms with Crippen LogP contribution in [0.15, 0.2) is 24.3 Å². The Bertz CT molecular complexity index is 352. The maximum absolute atomic E-state index is 11.4. The summed E-state index contributed by atoms with van der Waals surface area (Å²) < 4.78 is 5.00. The zero-order chi connectivity index (χ0) is 9.97. The lowest BCUT2D eigenvalue weighted by atomic mass is 10.1. The molecule has 0 unspecified atom stereocenters. The quantitative estimate of drug-likeness (QED) is 0.763. The van der Waals surface area contributed by atoms with Crippen LogP contribution in [0.4, 0.5) is 10.5 Å². The standard InChI is InChI=1S/C10H12N2O2/c11-5-6-12-9-4-2-1-3-8(9)7-14-10(12)13/h1-4H,5-7,11H2. The fourth-order valence-corrected chi connectivity index (χ4v) is 1.55. The zero-order valence-electron chi connectivity index (χ0n) is 7.77. The number of benzene rings is 1. The summed E-state index contributed by atoms with van der Waals surface area (Å²) >= 11 is 0. The maximum Gasteiger partial charge on any atom is 0.414 e. The van der Waals surface area contributed by atoms with E-state index in [1.54, 1.807) is 4.90 Å². The number of carbonyl (C=O) groups excluding carboxylic acids is 1. The first kappa shape index (κ1) is 9.02. The second-order valence-corrected chi connectivity index (χ2v) is 3.12. The van der Waals surface area contributed by atoms with Crippen molar-refractivity contribution in [3.8, 4) is 0 Å². The van der Waals surface area contributed by atoms with Crippen molar-refractivity contribution in [1.82, 2.24) is 0 Å². The van der Waals surface area contributed by atoms with Crippen molar-refractivity contribution >= 4 is 11.8 Å². The van der Waals surface area contributed by atoms with Crippen molar-refractivity contribution in [2.75, 3.05) is 18.0 Å². The smallest absolute Gasteiger partial charge is 0.414 e. The second kappa shape index (κ2) is 3.67. The predicted molar refractivity (Wildman–Crippen MR) is 53.0 cm³/mol. The fraction of sp³-hybridized carbons (Fsp3) is 0.300. The number of hydrogen-bond acceptors (Lipinski definition) is 3. The van der Waals surface area contributed by atoms with Crippen LogP contribution in [0.3, 0.4) is 0 Å². The Labute approximate surface area is 82.3 Å². The van der Waals surface area contributed by atoms with Crippen LogP contribution in [0.5, 0.6) is 0 Å². The van der Waals surface area contributed by atoms with Crippen molar-refractivity contribution in [3.63, 3.8) is 0 Å². The lowest BCUT2D eigenvalue weighted by Crippen LogP contribution is -2.39. The van der Waals surface area contributed by atoms with Gasteiger partial charge in [-0.25, -0.2) is 4.79 Å². The third kappa shape index (κ3) is 1.44. The van der Waals surface area contributed by atoms with E-state index in [0.29, 0.717) is 19.7 Å². The van der Waals surface area contributed by atoms with Crippen LogP contribution in [0, 0.1) is 0 Å². The van der Waals surface area contributed by atoms with Crippen LogP contribution in [-0.4, -0.2) is 19.2 Å². The molecule has 0 atom stereocenters. The number of para-hydroxylation sites is 1. The summed E-state index contributed by atoms with van der Waals surface area (Å²) in [6.45, 7) is 1.29. The number of cyclic esters (lactones) is 1. The molecular weight excluding hydrogens is 180 g/mol. The molecule has 4 nitrogen and oxygen atoms in total. The van der Waals surface area contributed by atoms with Gasteiger partial charge in [0.25, 0.3) is 0 Å². The van der Waals surface area contributed by atoms with Crippen molar-refractivity contribution in [2.45, 2.75) is 6.61 Å². The molecule has 2 N–H and O–H groups in total. The van der Waals surface area contributed by atoms with E-state index in [0.717, 1.165) is 11.3 Å². The number of nitrogens with two attached hydrogens (primary N) is 1. The van der Waals surface area contributed by atoms with Gasteiger partial charge in [-0.15, -0.1) is 0 Å². The molecule has 0 aromatic heterocycles. The topological polar surface area (TPSA) is 55.6 Å². The molecule has 0 aliphatic carbocycles. The normalized spacial score (nSPS) is 14.9. The Hall–Kier alpha value is -1.55. The summed E-state index contributed by atoms with van der Waals surface area (Å²) in [4.78, 5) is 13.0. The Balaban J connectivity index is 2.36. The minimum atomic E-state index is -0.311. The van der Waals surface area contributed by atoms with Gasteiger partial charge in [0.15, 0.2) is 0 Å². The second-order valence-electron chi connectivity index (χ2n) is 3.12. The molecule has 0 saturated carbocycles. The lowest BCUT2D eigenvalue weighted by Gasteiger charge is -2.28. The first-order valence-electron chi connectivity index (χ1n) is 4.55. The summed E-state index contributed by atoms with van der Waals surface area (Å²) in [6, 6.07) is 7.69. The molecule has 1 aromatic rings. The van der Waals surface area contributed by atoms with Crippen molar-refractivity contribution < 1.29 is 9.53 Å².